The highest BCUT2D eigenvalue weighted by atomic mass is 32.2. The van der Waals surface area contributed by atoms with Crippen molar-refractivity contribution in [3.63, 3.8) is 0 Å². The Labute approximate surface area is 77.3 Å². The quantitative estimate of drug-likeness (QED) is 0.630. The molecule has 1 aromatic rings. The maximum atomic E-state index is 11.2. The van der Waals surface area contributed by atoms with Crippen LogP contribution in [0.5, 0.6) is 5.75 Å². The first-order valence-corrected chi connectivity index (χ1v) is 5.82. The third-order valence-electron chi connectivity index (χ3n) is 1.99. The lowest BCUT2D eigenvalue weighted by Crippen LogP contribution is -2.20. The summed E-state index contributed by atoms with van der Waals surface area (Å²) in [5.74, 6) is 0.605. The van der Waals surface area contributed by atoms with Gasteiger partial charge in [0, 0.05) is 5.56 Å². The van der Waals surface area contributed by atoms with Crippen LogP contribution in [-0.2, 0) is 15.6 Å². The summed E-state index contributed by atoms with van der Waals surface area (Å²) in [6.45, 7) is 1.93. The highest BCUT2D eigenvalue weighted by Gasteiger charge is 2.21. The van der Waals surface area contributed by atoms with Crippen LogP contribution in [0.2, 0.25) is 0 Å². The Morgan fingerprint density at radius 1 is 1.38 bits per heavy atom. The van der Waals surface area contributed by atoms with Gasteiger partial charge in [0.1, 0.15) is 5.75 Å². The maximum Gasteiger partial charge on any atom is 0.189 e. The maximum absolute atomic E-state index is 11.2. The molecule has 4 heteroatoms. The predicted molar refractivity (Wildman–Crippen MR) is 49.3 cm³/mol. The number of ether oxygens (including phenoxy) is 1. The summed E-state index contributed by atoms with van der Waals surface area (Å²) in [5.41, 5.74) is 1.82. The Morgan fingerprint density at radius 3 is 2.92 bits per heavy atom. The average Bonchev–Trinajstić information content (AvgIpc) is 2.01. The van der Waals surface area contributed by atoms with Crippen molar-refractivity contribution in [2.45, 2.75) is 12.7 Å². The van der Waals surface area contributed by atoms with Crippen LogP contribution in [0.15, 0.2) is 18.2 Å². The van der Waals surface area contributed by atoms with Crippen LogP contribution in [0.25, 0.3) is 0 Å². The minimum Gasteiger partial charge on any atom is -0.477 e. The lowest BCUT2D eigenvalue weighted by molar-refractivity contribution is 0.365. The van der Waals surface area contributed by atoms with Crippen molar-refractivity contribution in [3.05, 3.63) is 29.3 Å². The van der Waals surface area contributed by atoms with E-state index >= 15 is 0 Å². The highest BCUT2D eigenvalue weighted by Crippen LogP contribution is 2.26. The molecule has 2 rings (SSSR count). The van der Waals surface area contributed by atoms with Gasteiger partial charge in [0.25, 0.3) is 0 Å². The second-order valence-corrected chi connectivity index (χ2v) is 5.27. The van der Waals surface area contributed by atoms with Gasteiger partial charge in [-0.3, -0.25) is 0 Å². The first kappa shape index (κ1) is 8.56. The van der Waals surface area contributed by atoms with Crippen LogP contribution in [0.3, 0.4) is 0 Å². The molecule has 1 aromatic carbocycles. The molecule has 1 aliphatic rings. The minimum absolute atomic E-state index is 0.101. The van der Waals surface area contributed by atoms with Crippen LogP contribution in [0.4, 0.5) is 0 Å². The first-order valence-electron chi connectivity index (χ1n) is 4.00. The molecule has 0 aliphatic carbocycles. The molecule has 1 heterocycles. The molecular formula is C9H10O3S. The van der Waals surface area contributed by atoms with Crippen LogP contribution in [0.1, 0.15) is 11.1 Å². The molecule has 0 bridgehead atoms. The van der Waals surface area contributed by atoms with Crippen molar-refractivity contribution in [2.75, 3.05) is 5.94 Å². The SMILES string of the molecule is Cc1ccc2c(c1)CS(=O)(=O)CO2. The van der Waals surface area contributed by atoms with E-state index < -0.39 is 9.84 Å². The summed E-state index contributed by atoms with van der Waals surface area (Å²) in [4.78, 5) is 0. The fourth-order valence-electron chi connectivity index (χ4n) is 1.39. The van der Waals surface area contributed by atoms with Crippen LogP contribution in [-0.4, -0.2) is 14.4 Å². The molecule has 1 aliphatic heterocycles. The van der Waals surface area contributed by atoms with Crippen molar-refractivity contribution >= 4 is 9.84 Å². The van der Waals surface area contributed by atoms with E-state index in [9.17, 15) is 8.42 Å². The molecule has 0 unspecified atom stereocenters. The Bertz CT molecular complexity index is 434. The Morgan fingerprint density at radius 2 is 2.15 bits per heavy atom. The molecule has 0 saturated heterocycles. The summed E-state index contributed by atoms with van der Waals surface area (Å²) in [6.07, 6.45) is 0. The van der Waals surface area contributed by atoms with E-state index in [1.807, 2.05) is 25.1 Å². The minimum atomic E-state index is -3.04. The van der Waals surface area contributed by atoms with Gasteiger partial charge in [0.05, 0.1) is 5.75 Å². The van der Waals surface area contributed by atoms with E-state index in [0.717, 1.165) is 11.1 Å². The van der Waals surface area contributed by atoms with Gasteiger partial charge < -0.3 is 4.74 Å². The van der Waals surface area contributed by atoms with Crippen LogP contribution in [0, 0.1) is 6.92 Å². The van der Waals surface area contributed by atoms with Gasteiger partial charge in [-0.05, 0) is 13.0 Å². The molecular weight excluding hydrogens is 188 g/mol. The van der Waals surface area contributed by atoms with Gasteiger partial charge in [-0.2, -0.15) is 0 Å². The zero-order valence-corrected chi connectivity index (χ0v) is 8.10. The van der Waals surface area contributed by atoms with Crippen LogP contribution < -0.4 is 4.74 Å². The van der Waals surface area contributed by atoms with E-state index in [2.05, 4.69) is 0 Å². The van der Waals surface area contributed by atoms with Gasteiger partial charge in [0.15, 0.2) is 15.8 Å². The molecule has 3 nitrogen and oxygen atoms in total. The van der Waals surface area contributed by atoms with Gasteiger partial charge in [-0.25, -0.2) is 8.42 Å². The topological polar surface area (TPSA) is 43.4 Å². The lowest BCUT2D eigenvalue weighted by atomic mass is 10.1. The highest BCUT2D eigenvalue weighted by molar-refractivity contribution is 7.90. The van der Waals surface area contributed by atoms with Gasteiger partial charge in [-0.1, -0.05) is 17.7 Å². The van der Waals surface area contributed by atoms with Crippen molar-refractivity contribution in [1.29, 1.82) is 0 Å². The monoisotopic (exact) mass is 198 g/mol. The van der Waals surface area contributed by atoms with Crippen molar-refractivity contribution in [1.82, 2.24) is 0 Å². The number of aryl methyl sites for hydroxylation is 1. The zero-order valence-electron chi connectivity index (χ0n) is 7.28. The van der Waals surface area contributed by atoms with Crippen molar-refractivity contribution in [2.24, 2.45) is 0 Å². The number of sulfone groups is 1. The normalized spacial score (nSPS) is 18.8. The van der Waals surface area contributed by atoms with Gasteiger partial charge in [-0.15, -0.1) is 0 Å². The van der Waals surface area contributed by atoms with Gasteiger partial charge in [0.2, 0.25) is 0 Å². The summed E-state index contributed by atoms with van der Waals surface area (Å²) < 4.78 is 27.5. The van der Waals surface area contributed by atoms with E-state index in [0.29, 0.717) is 5.75 Å². The molecule has 0 radical (unpaired) electrons. The van der Waals surface area contributed by atoms with E-state index in [-0.39, 0.29) is 11.7 Å². The number of hydrogen-bond donors (Lipinski definition) is 0. The summed E-state index contributed by atoms with van der Waals surface area (Å²) >= 11 is 0. The number of rotatable bonds is 0. The lowest BCUT2D eigenvalue weighted by Gasteiger charge is -2.17. The van der Waals surface area contributed by atoms with E-state index in [1.54, 1.807) is 0 Å². The summed E-state index contributed by atoms with van der Waals surface area (Å²) in [6, 6.07) is 5.59. The largest absolute Gasteiger partial charge is 0.477 e. The fraction of sp³-hybridized carbons (Fsp3) is 0.333. The number of fused-ring (bicyclic) bond motifs is 1. The fourth-order valence-corrected chi connectivity index (χ4v) is 2.48. The second-order valence-electron chi connectivity index (χ2n) is 3.26. The molecule has 0 aromatic heterocycles. The Hall–Kier alpha value is -1.03. The van der Waals surface area contributed by atoms with Gasteiger partial charge >= 0.3 is 0 Å². The third kappa shape index (κ3) is 1.67. The molecule has 0 fully saturated rings. The zero-order chi connectivity index (χ0) is 9.47. The van der Waals surface area contributed by atoms with Crippen molar-refractivity contribution < 1.29 is 13.2 Å². The molecule has 70 valence electrons. The number of hydrogen-bond acceptors (Lipinski definition) is 3. The predicted octanol–water partition coefficient (Wildman–Crippen LogP) is 1.26. The average molecular weight is 198 g/mol. The molecule has 0 atom stereocenters. The summed E-state index contributed by atoms with van der Waals surface area (Å²) in [5, 5.41) is 0. The number of benzene rings is 1. The molecule has 13 heavy (non-hydrogen) atoms. The summed E-state index contributed by atoms with van der Waals surface area (Å²) in [7, 11) is -3.04. The Kier molecular flexibility index (Phi) is 1.80. The molecule has 0 saturated carbocycles. The van der Waals surface area contributed by atoms with Crippen molar-refractivity contribution in [3.8, 4) is 5.75 Å². The van der Waals surface area contributed by atoms with E-state index in [1.165, 1.54) is 0 Å². The standard InChI is InChI=1S/C9H10O3S/c1-7-2-3-9-8(4-7)5-13(10,11)6-12-9/h2-4H,5-6H2,1H3. The molecule has 0 amide bonds. The molecule has 0 spiro atoms. The molecule has 0 N–H and O–H groups in total. The second kappa shape index (κ2) is 2.73. The smallest absolute Gasteiger partial charge is 0.189 e. The Balaban J connectivity index is 2.50. The third-order valence-corrected chi connectivity index (χ3v) is 3.21. The van der Waals surface area contributed by atoms with E-state index in [4.69, 9.17) is 4.74 Å². The van der Waals surface area contributed by atoms with Crippen LogP contribution >= 0.6 is 0 Å². The first-order chi connectivity index (χ1) is 6.07.